The van der Waals surface area contributed by atoms with Crippen LogP contribution in [0.25, 0.3) is 21.3 Å². The molecule has 0 radical (unpaired) electrons. The molecule has 4 aromatic rings. The van der Waals surface area contributed by atoms with Crippen LogP contribution >= 0.6 is 11.3 Å². The minimum absolute atomic E-state index is 0.0507. The first-order valence-electron chi connectivity index (χ1n) is 12.6. The molecule has 0 aliphatic heterocycles. The quantitative estimate of drug-likeness (QED) is 0.311. The highest BCUT2D eigenvalue weighted by Crippen LogP contribution is 2.36. The lowest BCUT2D eigenvalue weighted by atomic mass is 10.0. The van der Waals surface area contributed by atoms with Gasteiger partial charge in [-0.25, -0.2) is 15.0 Å². The molecule has 1 fully saturated rings. The van der Waals surface area contributed by atoms with Gasteiger partial charge in [0.1, 0.15) is 23.0 Å². The highest BCUT2D eigenvalue weighted by Gasteiger charge is 2.37. The lowest BCUT2D eigenvalue weighted by Crippen LogP contribution is -2.38. The molecule has 0 bridgehead atoms. The molecule has 1 aliphatic rings. The first kappa shape index (κ1) is 27.8. The number of nitrogens with zero attached hydrogens (tertiary/aromatic N) is 5. The maximum atomic E-state index is 12.9. The summed E-state index contributed by atoms with van der Waals surface area (Å²) in [6.07, 6.45) is -1.74. The fraction of sp³-hybridized carbons (Fsp3) is 0.357. The van der Waals surface area contributed by atoms with Gasteiger partial charge in [-0.3, -0.25) is 0 Å². The van der Waals surface area contributed by atoms with E-state index in [1.165, 1.54) is 19.5 Å². The van der Waals surface area contributed by atoms with Gasteiger partial charge in [0.15, 0.2) is 11.4 Å². The number of fused-ring (bicyclic) bond motifs is 1. The van der Waals surface area contributed by atoms with Crippen molar-refractivity contribution in [1.29, 1.82) is 5.26 Å². The summed E-state index contributed by atoms with van der Waals surface area (Å²) in [5, 5.41) is 24.1. The van der Waals surface area contributed by atoms with Gasteiger partial charge in [0.2, 0.25) is 0 Å². The summed E-state index contributed by atoms with van der Waals surface area (Å²) in [6.45, 7) is 0.603. The predicted octanol–water partition coefficient (Wildman–Crippen LogP) is 4.86. The molecule has 1 saturated carbocycles. The Bertz CT molecular complexity index is 1540. The van der Waals surface area contributed by atoms with Crippen molar-refractivity contribution in [2.24, 2.45) is 0 Å². The Morgan fingerprint density at radius 1 is 1.15 bits per heavy atom. The largest absolute Gasteiger partial charge is 0.494 e. The van der Waals surface area contributed by atoms with Crippen LogP contribution in [0.4, 0.5) is 19.0 Å². The Balaban J connectivity index is 1.22. The molecule has 8 nitrogen and oxygen atoms in total. The molecule has 0 unspecified atom stereocenters. The van der Waals surface area contributed by atoms with Crippen LogP contribution in [0.3, 0.4) is 0 Å². The van der Waals surface area contributed by atoms with Crippen LogP contribution in [-0.2, 0) is 13.0 Å². The lowest BCUT2D eigenvalue weighted by Gasteiger charge is -2.28. The number of anilines is 1. The molecule has 3 heterocycles. The van der Waals surface area contributed by atoms with E-state index in [-0.39, 0.29) is 22.7 Å². The smallest absolute Gasteiger partial charge is 0.393 e. The second-order valence-electron chi connectivity index (χ2n) is 9.80. The van der Waals surface area contributed by atoms with E-state index >= 15 is 0 Å². The van der Waals surface area contributed by atoms with Crippen molar-refractivity contribution in [3.63, 3.8) is 0 Å². The topological polar surface area (TPSA) is 107 Å². The van der Waals surface area contributed by atoms with Crippen molar-refractivity contribution in [2.45, 2.75) is 50.2 Å². The Labute approximate surface area is 233 Å². The average Bonchev–Trinajstić information content (AvgIpc) is 3.52. The number of rotatable bonds is 8. The van der Waals surface area contributed by atoms with Gasteiger partial charge in [-0.15, -0.1) is 11.3 Å². The molecule has 1 aliphatic carbocycles. The number of aliphatic hydroxyl groups is 1. The highest BCUT2D eigenvalue weighted by molar-refractivity contribution is 7.18. The summed E-state index contributed by atoms with van der Waals surface area (Å²) in [4.78, 5) is 15.2. The van der Waals surface area contributed by atoms with E-state index in [0.29, 0.717) is 41.2 Å². The number of halogens is 3. The van der Waals surface area contributed by atoms with Gasteiger partial charge in [-0.1, -0.05) is 24.3 Å². The number of methoxy groups -OCH3 is 1. The summed E-state index contributed by atoms with van der Waals surface area (Å²) in [7, 11) is 3.31. The number of benzene rings is 1. The zero-order valence-electron chi connectivity index (χ0n) is 21.8. The summed E-state index contributed by atoms with van der Waals surface area (Å²) in [6, 6.07) is 13.1. The van der Waals surface area contributed by atoms with Crippen molar-refractivity contribution in [2.75, 3.05) is 19.1 Å². The van der Waals surface area contributed by atoms with Crippen LogP contribution in [-0.4, -0.2) is 58.6 Å². The second kappa shape index (κ2) is 11.4. The third kappa shape index (κ3) is 6.01. The van der Waals surface area contributed by atoms with Gasteiger partial charge in [0.05, 0.1) is 31.1 Å². The zero-order valence-corrected chi connectivity index (χ0v) is 22.6. The van der Waals surface area contributed by atoms with Crippen LogP contribution in [0.15, 0.2) is 48.9 Å². The molecule has 0 amide bonds. The third-order valence-electron chi connectivity index (χ3n) is 7.12. The van der Waals surface area contributed by atoms with Gasteiger partial charge >= 0.3 is 6.18 Å². The number of aliphatic hydroxyl groups excluding tert-OH is 1. The molecule has 12 heteroatoms. The lowest BCUT2D eigenvalue weighted by molar-refractivity contribution is -0.126. The average molecular weight is 569 g/mol. The highest BCUT2D eigenvalue weighted by atomic mass is 32.1. The van der Waals surface area contributed by atoms with Crippen molar-refractivity contribution < 1.29 is 23.0 Å². The van der Waals surface area contributed by atoms with E-state index < -0.39 is 18.7 Å². The number of hydrogen-bond acceptors (Lipinski definition) is 9. The molecule has 0 spiro atoms. The number of nitriles is 1. The molecule has 1 aromatic carbocycles. The summed E-state index contributed by atoms with van der Waals surface area (Å²) < 4.78 is 44.0. The van der Waals surface area contributed by atoms with Gasteiger partial charge < -0.3 is 20.1 Å². The monoisotopic (exact) mass is 568 g/mol. The van der Waals surface area contributed by atoms with Gasteiger partial charge in [-0.05, 0) is 36.1 Å². The minimum Gasteiger partial charge on any atom is -0.494 e. The van der Waals surface area contributed by atoms with Gasteiger partial charge in [0.25, 0.3) is 0 Å². The molecule has 0 saturated heterocycles. The van der Waals surface area contributed by atoms with Crippen LogP contribution < -0.4 is 15.0 Å². The Hall–Kier alpha value is -3.79. The van der Waals surface area contributed by atoms with Gasteiger partial charge in [0, 0.05) is 36.3 Å². The SMILES string of the molecule is COc1cc(-c2ccc(CN[C@H]3C[C@@H](O)[C@@H](N(C)c4ncnc5sc(CC(F)(F)F)cc45)C3)cc2)cnc1C#N. The number of hydrogen-bond donors (Lipinski definition) is 2. The molecule has 3 aromatic heterocycles. The van der Waals surface area contributed by atoms with Crippen LogP contribution in [0, 0.1) is 11.3 Å². The normalized spacial score (nSPS) is 19.1. The Morgan fingerprint density at radius 2 is 1.93 bits per heavy atom. The molecule has 40 heavy (non-hydrogen) atoms. The fourth-order valence-electron chi connectivity index (χ4n) is 5.11. The number of likely N-dealkylation sites (N-methyl/N-ethyl adjacent to an activating group) is 1. The number of alkyl halides is 3. The van der Waals surface area contributed by atoms with E-state index in [4.69, 9.17) is 10.00 Å². The third-order valence-corrected chi connectivity index (χ3v) is 8.17. The van der Waals surface area contributed by atoms with Crippen molar-refractivity contribution in [3.05, 3.63) is 65.1 Å². The van der Waals surface area contributed by atoms with E-state index in [9.17, 15) is 18.3 Å². The predicted molar refractivity (Wildman–Crippen MR) is 146 cm³/mol. The Kier molecular flexibility index (Phi) is 7.89. The number of nitrogens with one attached hydrogen (secondary N) is 1. The maximum absolute atomic E-state index is 12.9. The van der Waals surface area contributed by atoms with Crippen LogP contribution in [0.2, 0.25) is 0 Å². The van der Waals surface area contributed by atoms with Crippen molar-refractivity contribution in [1.82, 2.24) is 20.3 Å². The molecular formula is C28H27F3N6O2S. The number of thiophene rings is 1. The number of ether oxygens (including phenoxy) is 1. The first-order valence-corrected chi connectivity index (χ1v) is 13.4. The van der Waals surface area contributed by atoms with Crippen LogP contribution in [0.1, 0.15) is 29.0 Å². The van der Waals surface area contributed by atoms with Crippen molar-refractivity contribution >= 4 is 27.4 Å². The molecule has 2 N–H and O–H groups in total. The number of pyridine rings is 1. The van der Waals surface area contributed by atoms with E-state index in [1.807, 2.05) is 42.3 Å². The number of aromatic nitrogens is 3. The van der Waals surface area contributed by atoms with Gasteiger partial charge in [-0.2, -0.15) is 18.4 Å². The molecule has 208 valence electrons. The van der Waals surface area contributed by atoms with E-state index in [1.54, 1.807) is 12.3 Å². The summed E-state index contributed by atoms with van der Waals surface area (Å²) in [5.41, 5.74) is 3.09. The fourth-order valence-corrected chi connectivity index (χ4v) is 6.13. The van der Waals surface area contributed by atoms with Crippen LogP contribution in [0.5, 0.6) is 5.75 Å². The molecular weight excluding hydrogens is 541 g/mol. The van der Waals surface area contributed by atoms with Crippen molar-refractivity contribution in [3.8, 4) is 22.9 Å². The summed E-state index contributed by atoms with van der Waals surface area (Å²) in [5.74, 6) is 0.942. The van der Waals surface area contributed by atoms with E-state index in [2.05, 4.69) is 20.3 Å². The minimum atomic E-state index is -4.30. The zero-order chi connectivity index (χ0) is 28.4. The van der Waals surface area contributed by atoms with E-state index in [0.717, 1.165) is 28.0 Å². The molecule has 5 rings (SSSR count). The standard InChI is InChI=1S/C28H27F3N6O2S/c1-37(26-21-10-20(11-28(29,30)31)40-27(21)36-15-35-26)23-8-19(9-24(23)38)33-13-16-3-5-17(6-4-16)18-7-25(39-2)22(12-32)34-14-18/h3-7,10,14-15,19,23-24,33,38H,8-9,11,13H2,1-2H3/t19-,23+,24-/m1/s1. The maximum Gasteiger partial charge on any atom is 0.393 e. The molecule has 3 atom stereocenters. The first-order chi connectivity index (χ1) is 19.1. The second-order valence-corrected chi connectivity index (χ2v) is 10.9. The Morgan fingerprint density at radius 3 is 2.62 bits per heavy atom. The summed E-state index contributed by atoms with van der Waals surface area (Å²) >= 11 is 1.01.